The Labute approximate surface area is 119 Å². The van der Waals surface area contributed by atoms with E-state index in [0.29, 0.717) is 5.69 Å². The quantitative estimate of drug-likeness (QED) is 0.807. The second kappa shape index (κ2) is 5.80. The predicted octanol–water partition coefficient (Wildman–Crippen LogP) is 0.627. The van der Waals surface area contributed by atoms with E-state index in [1.165, 1.54) is 11.0 Å². The van der Waals surface area contributed by atoms with E-state index in [1.54, 1.807) is 32.3 Å². The Bertz CT molecular complexity index is 595. The van der Waals surface area contributed by atoms with E-state index < -0.39 is 10.0 Å². The number of hydrogen-bond donors (Lipinski definition) is 2. The van der Waals surface area contributed by atoms with Gasteiger partial charge in [0.15, 0.2) is 0 Å². The van der Waals surface area contributed by atoms with Crippen molar-refractivity contribution in [3.05, 3.63) is 24.3 Å². The molecule has 0 aromatic heterocycles. The van der Waals surface area contributed by atoms with Gasteiger partial charge in [-0.3, -0.25) is 4.79 Å². The third-order valence-electron chi connectivity index (χ3n) is 3.00. The number of carbonyl (C=O) groups excluding carboxylic acids is 1. The van der Waals surface area contributed by atoms with Gasteiger partial charge in [-0.15, -0.1) is 0 Å². The number of hydrogen-bond acceptors (Lipinski definition) is 4. The van der Waals surface area contributed by atoms with Gasteiger partial charge in [0.1, 0.15) is 4.90 Å². The third-order valence-corrected chi connectivity index (χ3v) is 4.58. The average molecular weight is 297 g/mol. The summed E-state index contributed by atoms with van der Waals surface area (Å²) in [5, 5.41) is 2.88. The van der Waals surface area contributed by atoms with Crippen LogP contribution in [0, 0.1) is 0 Å². The lowest BCUT2D eigenvalue weighted by Crippen LogP contribution is -2.30. The highest BCUT2D eigenvalue weighted by Gasteiger charge is 2.29. The van der Waals surface area contributed by atoms with Gasteiger partial charge < -0.3 is 10.2 Å². The van der Waals surface area contributed by atoms with Gasteiger partial charge >= 0.3 is 0 Å². The zero-order valence-corrected chi connectivity index (χ0v) is 12.4. The Morgan fingerprint density at radius 3 is 2.55 bits per heavy atom. The molecule has 7 heteroatoms. The van der Waals surface area contributed by atoms with Crippen molar-refractivity contribution in [2.75, 3.05) is 26.0 Å². The summed E-state index contributed by atoms with van der Waals surface area (Å²) < 4.78 is 27.1. The maximum atomic E-state index is 12.2. The van der Waals surface area contributed by atoms with E-state index >= 15 is 0 Å². The van der Waals surface area contributed by atoms with E-state index in [4.69, 9.17) is 0 Å². The zero-order chi connectivity index (χ0) is 14.8. The van der Waals surface area contributed by atoms with Crippen LogP contribution in [0.25, 0.3) is 0 Å². The van der Waals surface area contributed by atoms with Crippen molar-refractivity contribution in [2.24, 2.45) is 0 Å². The highest BCUT2D eigenvalue weighted by Crippen LogP contribution is 2.25. The minimum Gasteiger partial charge on any atom is -0.375 e. The Kier molecular flexibility index (Phi) is 4.29. The molecule has 1 aromatic carbocycles. The second-order valence-corrected chi connectivity index (χ2v) is 6.72. The van der Waals surface area contributed by atoms with Gasteiger partial charge in [0.05, 0.1) is 12.2 Å². The number of benzene rings is 1. The van der Waals surface area contributed by atoms with Crippen LogP contribution in [-0.4, -0.2) is 45.9 Å². The number of sulfonamides is 1. The van der Waals surface area contributed by atoms with Crippen LogP contribution >= 0.6 is 0 Å². The second-order valence-electron chi connectivity index (χ2n) is 5.03. The summed E-state index contributed by atoms with van der Waals surface area (Å²) in [7, 11) is -0.225. The summed E-state index contributed by atoms with van der Waals surface area (Å²) in [6, 6.07) is 6.65. The molecule has 0 heterocycles. The molecule has 1 aromatic rings. The summed E-state index contributed by atoms with van der Waals surface area (Å²) in [6.07, 6.45) is 1.77. The fourth-order valence-electron chi connectivity index (χ4n) is 1.66. The first-order valence-electron chi connectivity index (χ1n) is 6.45. The summed E-state index contributed by atoms with van der Waals surface area (Å²) in [5.74, 6) is -0.118. The molecule has 0 unspecified atom stereocenters. The molecule has 0 bridgehead atoms. The number of carbonyl (C=O) groups is 1. The molecule has 2 rings (SSSR count). The molecule has 1 aliphatic rings. The summed E-state index contributed by atoms with van der Waals surface area (Å²) in [6.45, 7) is 0.0585. The van der Waals surface area contributed by atoms with Crippen molar-refractivity contribution >= 4 is 21.6 Å². The molecular formula is C13H19N3O3S. The fraction of sp³-hybridized carbons (Fsp3) is 0.462. The largest absolute Gasteiger partial charge is 0.375 e. The molecule has 20 heavy (non-hydrogen) atoms. The average Bonchev–Trinajstić information content (AvgIpc) is 3.19. The van der Waals surface area contributed by atoms with Crippen molar-refractivity contribution in [2.45, 2.75) is 23.8 Å². The lowest BCUT2D eigenvalue weighted by Gasteiger charge is -2.15. The van der Waals surface area contributed by atoms with Crippen molar-refractivity contribution in [3.63, 3.8) is 0 Å². The van der Waals surface area contributed by atoms with Crippen LogP contribution < -0.4 is 10.0 Å². The van der Waals surface area contributed by atoms with Crippen LogP contribution in [0.4, 0.5) is 5.69 Å². The molecule has 0 saturated heterocycles. The zero-order valence-electron chi connectivity index (χ0n) is 11.6. The number of para-hydroxylation sites is 1. The standard InChI is InChI=1S/C13H19N3O3S/c1-16(2)13(17)9-14-11-5-3-4-6-12(11)20(18,19)15-10-7-8-10/h3-6,10,14-15H,7-9H2,1-2H3. The number of amides is 1. The van der Waals surface area contributed by atoms with E-state index in [0.717, 1.165) is 12.8 Å². The summed E-state index contributed by atoms with van der Waals surface area (Å²) in [4.78, 5) is 13.2. The smallest absolute Gasteiger partial charge is 0.242 e. The maximum Gasteiger partial charge on any atom is 0.242 e. The molecule has 1 amide bonds. The molecule has 0 spiro atoms. The minimum absolute atomic E-state index is 0.0523. The molecule has 1 fully saturated rings. The Hall–Kier alpha value is -1.60. The number of nitrogens with one attached hydrogen (secondary N) is 2. The van der Waals surface area contributed by atoms with Crippen LogP contribution in [0.1, 0.15) is 12.8 Å². The first-order valence-corrected chi connectivity index (χ1v) is 7.94. The van der Waals surface area contributed by atoms with Crippen LogP contribution in [0.5, 0.6) is 0 Å². The van der Waals surface area contributed by atoms with Gasteiger partial charge in [0.2, 0.25) is 15.9 Å². The van der Waals surface area contributed by atoms with Gasteiger partial charge in [-0.25, -0.2) is 13.1 Å². The first-order chi connectivity index (χ1) is 9.40. The molecule has 110 valence electrons. The first kappa shape index (κ1) is 14.8. The van der Waals surface area contributed by atoms with Crippen LogP contribution in [0.15, 0.2) is 29.2 Å². The van der Waals surface area contributed by atoms with Gasteiger partial charge in [-0.05, 0) is 25.0 Å². The van der Waals surface area contributed by atoms with E-state index in [2.05, 4.69) is 10.0 Å². The molecular weight excluding hydrogens is 278 g/mol. The normalized spacial score (nSPS) is 14.9. The number of likely N-dealkylation sites (N-methyl/N-ethyl adjacent to an activating group) is 1. The Morgan fingerprint density at radius 2 is 1.95 bits per heavy atom. The van der Waals surface area contributed by atoms with Gasteiger partial charge in [-0.2, -0.15) is 0 Å². The summed E-state index contributed by atoms with van der Waals surface area (Å²) >= 11 is 0. The highest BCUT2D eigenvalue weighted by molar-refractivity contribution is 7.89. The number of anilines is 1. The van der Waals surface area contributed by atoms with Gasteiger partial charge in [0, 0.05) is 20.1 Å². The van der Waals surface area contributed by atoms with Gasteiger partial charge in [0.25, 0.3) is 0 Å². The van der Waals surface area contributed by atoms with Gasteiger partial charge in [-0.1, -0.05) is 12.1 Å². The Morgan fingerprint density at radius 1 is 1.30 bits per heavy atom. The number of rotatable bonds is 6. The van der Waals surface area contributed by atoms with Crippen molar-refractivity contribution < 1.29 is 13.2 Å². The highest BCUT2D eigenvalue weighted by atomic mass is 32.2. The van der Waals surface area contributed by atoms with Crippen molar-refractivity contribution in [3.8, 4) is 0 Å². The number of nitrogens with zero attached hydrogens (tertiary/aromatic N) is 1. The van der Waals surface area contributed by atoms with Crippen LogP contribution in [0.3, 0.4) is 0 Å². The van der Waals surface area contributed by atoms with E-state index in [-0.39, 0.29) is 23.4 Å². The SMILES string of the molecule is CN(C)C(=O)CNc1ccccc1S(=O)(=O)NC1CC1. The minimum atomic E-state index is -3.53. The van der Waals surface area contributed by atoms with Crippen LogP contribution in [-0.2, 0) is 14.8 Å². The monoisotopic (exact) mass is 297 g/mol. The molecule has 0 radical (unpaired) electrons. The van der Waals surface area contributed by atoms with Crippen molar-refractivity contribution in [1.82, 2.24) is 9.62 Å². The molecule has 0 aliphatic heterocycles. The van der Waals surface area contributed by atoms with Crippen molar-refractivity contribution in [1.29, 1.82) is 0 Å². The lowest BCUT2D eigenvalue weighted by atomic mass is 10.3. The maximum absolute atomic E-state index is 12.2. The topological polar surface area (TPSA) is 78.5 Å². The Balaban J connectivity index is 2.15. The molecule has 0 atom stereocenters. The molecule has 6 nitrogen and oxygen atoms in total. The third kappa shape index (κ3) is 3.71. The molecule has 2 N–H and O–H groups in total. The van der Waals surface area contributed by atoms with E-state index in [9.17, 15) is 13.2 Å². The van der Waals surface area contributed by atoms with E-state index in [1.807, 2.05) is 0 Å². The predicted molar refractivity (Wildman–Crippen MR) is 77.0 cm³/mol. The lowest BCUT2D eigenvalue weighted by molar-refractivity contribution is -0.126. The van der Waals surface area contributed by atoms with Crippen LogP contribution in [0.2, 0.25) is 0 Å². The molecule has 1 saturated carbocycles. The molecule has 1 aliphatic carbocycles. The fourth-order valence-corrected chi connectivity index (χ4v) is 3.15. The summed E-state index contributed by atoms with van der Waals surface area (Å²) in [5.41, 5.74) is 0.441.